The van der Waals surface area contributed by atoms with E-state index in [1.54, 1.807) is 18.2 Å². The minimum Gasteiger partial charge on any atom is -0.496 e. The Bertz CT molecular complexity index is 614. The zero-order chi connectivity index (χ0) is 13.1. The Labute approximate surface area is 102 Å². The number of oxime groups is 1. The topological polar surface area (TPSA) is 81.3 Å². The van der Waals surface area contributed by atoms with E-state index in [4.69, 9.17) is 19.1 Å². The maximum atomic E-state index is 10.7. The Morgan fingerprint density at radius 1 is 1.33 bits per heavy atom. The summed E-state index contributed by atoms with van der Waals surface area (Å²) in [7, 11) is 3.04. The van der Waals surface area contributed by atoms with Crippen molar-refractivity contribution >= 4 is 23.0 Å². The fraction of sp³-hybridized carbons (Fsp3) is 0.167. The van der Waals surface area contributed by atoms with Crippen LogP contribution in [-0.4, -0.2) is 31.4 Å². The Morgan fingerprint density at radius 2 is 2.11 bits per heavy atom. The molecule has 6 nitrogen and oxygen atoms in total. The molecule has 0 amide bonds. The summed E-state index contributed by atoms with van der Waals surface area (Å²) in [6.07, 6.45) is 0.404. The van der Waals surface area contributed by atoms with E-state index in [0.717, 1.165) is 0 Å². The lowest BCUT2D eigenvalue weighted by atomic mass is 10.2. The van der Waals surface area contributed by atoms with Crippen LogP contribution in [0.25, 0.3) is 11.0 Å². The van der Waals surface area contributed by atoms with Crippen LogP contribution in [0.2, 0.25) is 0 Å². The number of carbonyl (C=O) groups excluding carboxylic acids is 1. The average molecular weight is 249 g/mol. The highest BCUT2D eigenvalue weighted by atomic mass is 16.5. The quantitative estimate of drug-likeness (QED) is 0.387. The molecular formula is C12H11NO5. The molecule has 0 radical (unpaired) electrons. The third-order valence-corrected chi connectivity index (χ3v) is 2.50. The van der Waals surface area contributed by atoms with Crippen LogP contribution >= 0.6 is 0 Å². The first-order valence-electron chi connectivity index (χ1n) is 5.06. The summed E-state index contributed by atoms with van der Waals surface area (Å²) in [5, 5.41) is 12.2. The van der Waals surface area contributed by atoms with Gasteiger partial charge in [-0.1, -0.05) is 5.16 Å². The van der Waals surface area contributed by atoms with E-state index in [1.807, 2.05) is 0 Å². The Hall–Kier alpha value is -2.50. The molecule has 6 heteroatoms. The first kappa shape index (κ1) is 12.0. The van der Waals surface area contributed by atoms with Gasteiger partial charge in [0.2, 0.25) is 0 Å². The van der Waals surface area contributed by atoms with Crippen molar-refractivity contribution in [2.75, 3.05) is 14.2 Å². The number of methoxy groups -OCH3 is 2. The number of furan rings is 1. The number of aldehydes is 1. The fourth-order valence-electron chi connectivity index (χ4n) is 1.63. The number of nitrogens with zero attached hydrogens (tertiary/aromatic N) is 1. The fourth-order valence-corrected chi connectivity index (χ4v) is 1.63. The van der Waals surface area contributed by atoms with Gasteiger partial charge < -0.3 is 19.1 Å². The summed E-state index contributed by atoms with van der Waals surface area (Å²) in [4.78, 5) is 10.7. The van der Waals surface area contributed by atoms with Crippen LogP contribution in [0.4, 0.5) is 0 Å². The van der Waals surface area contributed by atoms with Gasteiger partial charge >= 0.3 is 0 Å². The molecule has 0 bridgehead atoms. The molecule has 0 saturated heterocycles. The number of ether oxygens (including phenoxy) is 2. The third kappa shape index (κ3) is 1.88. The molecule has 1 N–H and O–H groups in total. The van der Waals surface area contributed by atoms with Crippen molar-refractivity contribution in [2.45, 2.75) is 0 Å². The molecule has 0 saturated carbocycles. The summed E-state index contributed by atoms with van der Waals surface area (Å²) in [5.74, 6) is 1.27. The second-order valence-electron chi connectivity index (χ2n) is 3.46. The number of hydrogen-bond acceptors (Lipinski definition) is 6. The van der Waals surface area contributed by atoms with Crippen molar-refractivity contribution in [3.8, 4) is 11.5 Å². The zero-order valence-electron chi connectivity index (χ0n) is 9.84. The first-order valence-corrected chi connectivity index (χ1v) is 5.06. The molecule has 2 rings (SSSR count). The van der Waals surface area contributed by atoms with Crippen molar-refractivity contribution in [2.24, 2.45) is 5.16 Å². The van der Waals surface area contributed by atoms with Gasteiger partial charge in [0.15, 0.2) is 17.8 Å². The molecule has 0 unspecified atom stereocenters. The number of fused-ring (bicyclic) bond motifs is 1. The van der Waals surface area contributed by atoms with Gasteiger partial charge in [-0.05, 0) is 6.07 Å². The molecule has 2 aromatic rings. The molecule has 94 valence electrons. The van der Waals surface area contributed by atoms with Gasteiger partial charge in [-0.3, -0.25) is 4.79 Å². The van der Waals surface area contributed by atoms with E-state index in [9.17, 15) is 4.79 Å². The monoisotopic (exact) mass is 249 g/mol. The van der Waals surface area contributed by atoms with Crippen LogP contribution in [-0.2, 0) is 4.79 Å². The molecular weight excluding hydrogens is 238 g/mol. The molecule has 1 aromatic carbocycles. The summed E-state index contributed by atoms with van der Waals surface area (Å²) in [6.45, 7) is 0. The highest BCUT2D eigenvalue weighted by molar-refractivity contribution is 6.35. The largest absolute Gasteiger partial charge is 0.496 e. The van der Waals surface area contributed by atoms with Crippen LogP contribution in [0, 0.1) is 0 Å². The van der Waals surface area contributed by atoms with Crippen molar-refractivity contribution in [1.82, 2.24) is 0 Å². The van der Waals surface area contributed by atoms with Crippen LogP contribution in [0.5, 0.6) is 11.5 Å². The van der Waals surface area contributed by atoms with E-state index in [0.29, 0.717) is 28.8 Å². The first-order chi connectivity index (χ1) is 8.73. The van der Waals surface area contributed by atoms with Gasteiger partial charge in [0.05, 0.1) is 19.6 Å². The van der Waals surface area contributed by atoms with Gasteiger partial charge in [0, 0.05) is 12.1 Å². The summed E-state index contributed by atoms with van der Waals surface area (Å²) < 4.78 is 15.7. The zero-order valence-corrected chi connectivity index (χ0v) is 9.84. The predicted molar refractivity (Wildman–Crippen MR) is 63.7 cm³/mol. The second kappa shape index (κ2) is 4.79. The lowest BCUT2D eigenvalue weighted by molar-refractivity contribution is -0.102. The smallest absolute Gasteiger partial charge is 0.184 e. The SMILES string of the molecule is COc1cc(OC)c2cc(/C(C=O)=N\O)oc2c1. The summed E-state index contributed by atoms with van der Waals surface area (Å²) in [5.41, 5.74) is 0.288. The lowest BCUT2D eigenvalue weighted by Gasteiger charge is -2.04. The van der Waals surface area contributed by atoms with E-state index in [-0.39, 0.29) is 11.5 Å². The van der Waals surface area contributed by atoms with Crippen molar-refractivity contribution in [3.05, 3.63) is 24.0 Å². The minimum atomic E-state index is -0.188. The van der Waals surface area contributed by atoms with Crippen molar-refractivity contribution < 1.29 is 23.9 Å². The predicted octanol–water partition coefficient (Wildman–Crippen LogP) is 1.83. The number of hydrogen-bond donors (Lipinski definition) is 1. The normalized spacial score (nSPS) is 11.6. The van der Waals surface area contributed by atoms with Gasteiger partial charge in [-0.15, -0.1) is 0 Å². The molecule has 1 heterocycles. The Balaban J connectivity index is 2.66. The highest BCUT2D eigenvalue weighted by Crippen LogP contribution is 2.33. The molecule has 0 fully saturated rings. The molecule has 0 aliphatic carbocycles. The van der Waals surface area contributed by atoms with E-state index in [2.05, 4.69) is 5.16 Å². The Kier molecular flexibility index (Phi) is 3.18. The molecule has 0 aliphatic rings. The number of carbonyl (C=O) groups is 1. The third-order valence-electron chi connectivity index (χ3n) is 2.50. The maximum Gasteiger partial charge on any atom is 0.184 e. The maximum absolute atomic E-state index is 10.7. The molecule has 0 spiro atoms. The number of benzene rings is 1. The van der Waals surface area contributed by atoms with Gasteiger partial charge in [0.1, 0.15) is 17.1 Å². The van der Waals surface area contributed by atoms with Crippen molar-refractivity contribution in [1.29, 1.82) is 0 Å². The molecule has 0 atom stereocenters. The standard InChI is InChI=1S/C12H11NO5/c1-16-7-3-10(17-2)8-5-12(9(6-14)13-15)18-11(8)4-7/h3-6,15H,1-2H3/b13-9-. The van der Waals surface area contributed by atoms with Crippen molar-refractivity contribution in [3.63, 3.8) is 0 Å². The van der Waals surface area contributed by atoms with Gasteiger partial charge in [-0.2, -0.15) is 0 Å². The van der Waals surface area contributed by atoms with Gasteiger partial charge in [0.25, 0.3) is 0 Å². The molecule has 1 aromatic heterocycles. The highest BCUT2D eigenvalue weighted by Gasteiger charge is 2.14. The van der Waals surface area contributed by atoms with Gasteiger partial charge in [-0.25, -0.2) is 0 Å². The minimum absolute atomic E-state index is 0.161. The second-order valence-corrected chi connectivity index (χ2v) is 3.46. The van der Waals surface area contributed by atoms with Crippen LogP contribution in [0.3, 0.4) is 0 Å². The van der Waals surface area contributed by atoms with Crippen LogP contribution in [0.15, 0.2) is 27.8 Å². The van der Waals surface area contributed by atoms with E-state index in [1.165, 1.54) is 14.2 Å². The molecule has 18 heavy (non-hydrogen) atoms. The van der Waals surface area contributed by atoms with Crippen LogP contribution in [0.1, 0.15) is 5.76 Å². The summed E-state index contributed by atoms with van der Waals surface area (Å²) >= 11 is 0. The molecule has 0 aliphatic heterocycles. The van der Waals surface area contributed by atoms with E-state index >= 15 is 0 Å². The average Bonchev–Trinajstić information content (AvgIpc) is 2.82. The number of rotatable bonds is 4. The lowest BCUT2D eigenvalue weighted by Crippen LogP contribution is -1.99. The van der Waals surface area contributed by atoms with E-state index < -0.39 is 0 Å². The Morgan fingerprint density at radius 3 is 2.67 bits per heavy atom. The van der Waals surface area contributed by atoms with Crippen LogP contribution < -0.4 is 9.47 Å². The summed E-state index contributed by atoms with van der Waals surface area (Å²) in [6, 6.07) is 4.91.